The van der Waals surface area contributed by atoms with Gasteiger partial charge in [-0.25, -0.2) is 4.39 Å². The molecular formula is C14H13Cl2F. The number of hydrogen-bond donors (Lipinski definition) is 0. The number of rotatable bonds is 0. The van der Waals surface area contributed by atoms with Crippen molar-refractivity contribution in [1.82, 2.24) is 0 Å². The summed E-state index contributed by atoms with van der Waals surface area (Å²) in [5, 5.41) is 0.983. The summed E-state index contributed by atoms with van der Waals surface area (Å²) in [4.78, 5) is 0. The zero-order chi connectivity index (χ0) is 12.8. The Balaban J connectivity index is 0.000000171. The van der Waals surface area contributed by atoms with Crippen molar-refractivity contribution in [1.29, 1.82) is 0 Å². The Bertz CT molecular complexity index is 457. The van der Waals surface area contributed by atoms with Gasteiger partial charge < -0.3 is 0 Å². The second kappa shape index (κ2) is 6.63. The van der Waals surface area contributed by atoms with E-state index in [2.05, 4.69) is 0 Å². The zero-order valence-corrected chi connectivity index (χ0v) is 11.2. The minimum absolute atomic E-state index is 0.181. The van der Waals surface area contributed by atoms with Crippen LogP contribution in [0.5, 0.6) is 0 Å². The number of halogens is 3. The highest BCUT2D eigenvalue weighted by Gasteiger charge is 1.95. The molecule has 2 aromatic rings. The van der Waals surface area contributed by atoms with Crippen LogP contribution in [0, 0.1) is 19.7 Å². The number of aryl methyl sites for hydroxylation is 2. The van der Waals surface area contributed by atoms with Crippen LogP contribution in [0.1, 0.15) is 11.1 Å². The molecular weight excluding hydrogens is 258 g/mol. The van der Waals surface area contributed by atoms with Gasteiger partial charge in [0.25, 0.3) is 0 Å². The lowest BCUT2D eigenvalue weighted by molar-refractivity contribution is 0.627. The van der Waals surface area contributed by atoms with E-state index in [0.29, 0.717) is 0 Å². The molecule has 0 fully saturated rings. The van der Waals surface area contributed by atoms with Gasteiger partial charge in [0.2, 0.25) is 0 Å². The molecule has 0 saturated carbocycles. The van der Waals surface area contributed by atoms with Gasteiger partial charge in [-0.2, -0.15) is 0 Å². The molecule has 0 spiro atoms. The van der Waals surface area contributed by atoms with E-state index in [4.69, 9.17) is 23.2 Å². The van der Waals surface area contributed by atoms with Crippen LogP contribution >= 0.6 is 23.2 Å². The quantitative estimate of drug-likeness (QED) is 0.598. The molecule has 0 bridgehead atoms. The molecule has 0 radical (unpaired) electrons. The van der Waals surface area contributed by atoms with Gasteiger partial charge in [-0.3, -0.25) is 0 Å². The average Bonchev–Trinajstić information content (AvgIpc) is 2.29. The lowest BCUT2D eigenvalue weighted by Crippen LogP contribution is -1.76. The Kier molecular flexibility index (Phi) is 5.46. The van der Waals surface area contributed by atoms with Gasteiger partial charge in [-0.15, -0.1) is 0 Å². The number of benzene rings is 2. The molecule has 0 aromatic heterocycles. The number of hydrogen-bond acceptors (Lipinski definition) is 0. The topological polar surface area (TPSA) is 0 Å². The van der Waals surface area contributed by atoms with Gasteiger partial charge in [0.05, 0.1) is 5.02 Å². The molecule has 0 aliphatic rings. The van der Waals surface area contributed by atoms with Crippen LogP contribution in [0.25, 0.3) is 0 Å². The summed E-state index contributed by atoms with van der Waals surface area (Å²) >= 11 is 11.0. The second-order valence-electron chi connectivity index (χ2n) is 3.71. The molecule has 3 heteroatoms. The third-order valence-electron chi connectivity index (χ3n) is 2.09. The third-order valence-corrected chi connectivity index (χ3v) is 2.64. The molecule has 0 aliphatic heterocycles. The van der Waals surface area contributed by atoms with Gasteiger partial charge in [0.1, 0.15) is 5.82 Å². The van der Waals surface area contributed by atoms with Gasteiger partial charge >= 0.3 is 0 Å². The Hall–Kier alpha value is -1.05. The molecule has 0 N–H and O–H groups in total. The van der Waals surface area contributed by atoms with E-state index in [1.165, 1.54) is 11.6 Å². The Morgan fingerprint density at radius 2 is 1.35 bits per heavy atom. The fourth-order valence-electron chi connectivity index (χ4n) is 1.13. The van der Waals surface area contributed by atoms with Crippen molar-refractivity contribution >= 4 is 23.2 Å². The fraction of sp³-hybridized carbons (Fsp3) is 0.143. The predicted molar refractivity (Wildman–Crippen MR) is 72.3 cm³/mol. The van der Waals surface area contributed by atoms with Crippen molar-refractivity contribution in [3.05, 3.63) is 69.5 Å². The highest BCUT2D eigenvalue weighted by Crippen LogP contribution is 2.14. The average molecular weight is 271 g/mol. The lowest BCUT2D eigenvalue weighted by atomic mass is 10.2. The van der Waals surface area contributed by atoms with Crippen molar-refractivity contribution in [2.45, 2.75) is 13.8 Å². The summed E-state index contributed by atoms with van der Waals surface area (Å²) in [6, 6.07) is 12.5. The second-order valence-corrected chi connectivity index (χ2v) is 4.56. The molecule has 2 aromatic carbocycles. The Morgan fingerprint density at radius 3 is 1.76 bits per heavy atom. The first-order valence-electron chi connectivity index (χ1n) is 5.13. The van der Waals surface area contributed by atoms with Crippen molar-refractivity contribution in [2.75, 3.05) is 0 Å². The fourth-order valence-corrected chi connectivity index (χ4v) is 1.38. The summed E-state index contributed by atoms with van der Waals surface area (Å²) < 4.78 is 12.4. The smallest absolute Gasteiger partial charge is 0.142 e. The summed E-state index contributed by atoms with van der Waals surface area (Å²) in [6.07, 6.45) is 0. The Labute approximate surface area is 111 Å². The van der Waals surface area contributed by atoms with Crippen molar-refractivity contribution in [3.63, 3.8) is 0 Å². The standard InChI is InChI=1S/C7H6ClF.C7H7Cl/c1-5-2-3-6(8)7(9)4-5;1-6-2-4-7(8)5-3-6/h2-4H,1H3;2-5H,1H3. The van der Waals surface area contributed by atoms with Crippen molar-refractivity contribution in [2.24, 2.45) is 0 Å². The molecule has 0 nitrogen and oxygen atoms in total. The van der Waals surface area contributed by atoms with Crippen LogP contribution in [0.15, 0.2) is 42.5 Å². The maximum absolute atomic E-state index is 12.4. The summed E-state index contributed by atoms with van der Waals surface area (Å²) in [7, 11) is 0. The van der Waals surface area contributed by atoms with Crippen molar-refractivity contribution in [3.8, 4) is 0 Å². The minimum atomic E-state index is -0.350. The van der Waals surface area contributed by atoms with E-state index in [1.54, 1.807) is 12.1 Å². The van der Waals surface area contributed by atoms with E-state index in [-0.39, 0.29) is 10.8 Å². The molecule has 0 amide bonds. The van der Waals surface area contributed by atoms with Crippen LogP contribution in [-0.2, 0) is 0 Å². The first kappa shape index (κ1) is 14.0. The molecule has 90 valence electrons. The van der Waals surface area contributed by atoms with Crippen LogP contribution in [0.3, 0.4) is 0 Å². The third kappa shape index (κ3) is 5.20. The molecule has 0 aliphatic carbocycles. The SMILES string of the molecule is Cc1ccc(Cl)c(F)c1.Cc1ccc(Cl)cc1. The molecule has 0 unspecified atom stereocenters. The zero-order valence-electron chi connectivity index (χ0n) is 9.68. The van der Waals surface area contributed by atoms with Crippen molar-refractivity contribution < 1.29 is 4.39 Å². The first-order chi connectivity index (χ1) is 7.99. The van der Waals surface area contributed by atoms with E-state index < -0.39 is 0 Å². The molecule has 2 rings (SSSR count). The Morgan fingerprint density at radius 1 is 0.824 bits per heavy atom. The van der Waals surface area contributed by atoms with E-state index in [9.17, 15) is 4.39 Å². The normalized spacial score (nSPS) is 9.47. The predicted octanol–water partition coefficient (Wildman–Crippen LogP) is 5.44. The van der Waals surface area contributed by atoms with E-state index >= 15 is 0 Å². The molecule has 0 saturated heterocycles. The maximum Gasteiger partial charge on any atom is 0.142 e. The first-order valence-corrected chi connectivity index (χ1v) is 5.88. The molecule has 17 heavy (non-hydrogen) atoms. The molecule has 0 atom stereocenters. The summed E-state index contributed by atoms with van der Waals surface area (Å²) in [6.45, 7) is 3.86. The van der Waals surface area contributed by atoms with Gasteiger partial charge in [-0.05, 0) is 43.7 Å². The van der Waals surface area contributed by atoms with Crippen LogP contribution < -0.4 is 0 Å². The summed E-state index contributed by atoms with van der Waals surface area (Å²) in [5.41, 5.74) is 2.13. The van der Waals surface area contributed by atoms with Gasteiger partial charge in [0.15, 0.2) is 0 Å². The lowest BCUT2D eigenvalue weighted by Gasteiger charge is -1.92. The van der Waals surface area contributed by atoms with Crippen LogP contribution in [0.2, 0.25) is 10.0 Å². The minimum Gasteiger partial charge on any atom is -0.205 e. The maximum atomic E-state index is 12.4. The van der Waals surface area contributed by atoms with Crippen LogP contribution in [-0.4, -0.2) is 0 Å². The van der Waals surface area contributed by atoms with Gasteiger partial charge in [-0.1, -0.05) is 47.0 Å². The monoisotopic (exact) mass is 270 g/mol. The van der Waals surface area contributed by atoms with E-state index in [0.717, 1.165) is 10.6 Å². The van der Waals surface area contributed by atoms with Crippen LogP contribution in [0.4, 0.5) is 4.39 Å². The molecule has 0 heterocycles. The van der Waals surface area contributed by atoms with E-state index in [1.807, 2.05) is 38.1 Å². The van der Waals surface area contributed by atoms with Gasteiger partial charge in [0, 0.05) is 5.02 Å². The largest absolute Gasteiger partial charge is 0.205 e. The summed E-state index contributed by atoms with van der Waals surface area (Å²) in [5.74, 6) is -0.350. The highest BCUT2D eigenvalue weighted by atomic mass is 35.5. The highest BCUT2D eigenvalue weighted by molar-refractivity contribution is 6.30.